The molecule has 182 valence electrons. The van der Waals surface area contributed by atoms with Gasteiger partial charge in [0, 0.05) is 54.9 Å². The second-order valence-corrected chi connectivity index (χ2v) is 8.66. The van der Waals surface area contributed by atoms with E-state index in [4.69, 9.17) is 15.0 Å². The molecule has 0 unspecified atom stereocenters. The molecule has 0 aliphatic heterocycles. The third-order valence-corrected chi connectivity index (χ3v) is 6.01. The Morgan fingerprint density at radius 2 is 1.57 bits per heavy atom. The molecular weight excluding hydrogens is 526 g/mol. The maximum atomic E-state index is 13.7. The van der Waals surface area contributed by atoms with E-state index < -0.39 is 22.7 Å². The van der Waals surface area contributed by atoms with E-state index in [1.807, 2.05) is 48.0 Å². The van der Waals surface area contributed by atoms with Crippen LogP contribution in [0.1, 0.15) is 5.56 Å². The van der Waals surface area contributed by atoms with E-state index in [9.17, 15) is 18.9 Å². The fourth-order valence-corrected chi connectivity index (χ4v) is 4.54. The number of nitro benzene ring substituents is 1. The van der Waals surface area contributed by atoms with Crippen molar-refractivity contribution >= 4 is 40.2 Å². The molecule has 4 aromatic rings. The van der Waals surface area contributed by atoms with E-state index in [0.717, 1.165) is 27.6 Å². The molecule has 0 atom stereocenters. The Morgan fingerprint density at radius 3 is 2.14 bits per heavy atom. The van der Waals surface area contributed by atoms with Gasteiger partial charge in [-0.05, 0) is 48.1 Å². The minimum Gasteiger partial charge on any atom is -0.652 e. The number of nitro groups is 1. The number of halogens is 2. The zero-order valence-electron chi connectivity index (χ0n) is 20.6. The smallest absolute Gasteiger partial charge is 0.652 e. The Bertz CT molecular complexity index is 1380. The summed E-state index contributed by atoms with van der Waals surface area (Å²) in [6.07, 6.45) is -0.464. The first-order valence-electron chi connectivity index (χ1n) is 10.1. The van der Waals surface area contributed by atoms with Crippen LogP contribution in [0.25, 0.3) is 10.9 Å². The summed E-state index contributed by atoms with van der Waals surface area (Å²) in [6.45, 7) is 0.263. The van der Waals surface area contributed by atoms with Gasteiger partial charge in [-0.25, -0.2) is 8.78 Å². The number of benzene rings is 3. The van der Waals surface area contributed by atoms with Crippen molar-refractivity contribution in [2.75, 3.05) is 19.0 Å². The minimum atomic E-state index is -2.33. The standard InChI is InChI=1S/C23H19F2N3O2S.CH2O3.2Na/c1-26(2)18-7-8-19-21(12-18)27(13-15-9-16(24)11-17(25)10-15)14-23(19)31-22-6-4-3-5-20(22)28(29)30;2-1(3)4;;/h3-12,14H,13H2,1-2H3;(H2,2,3,4);;/q;;2*+1/p-2. The van der Waals surface area contributed by atoms with Crippen molar-refractivity contribution in [2.45, 2.75) is 16.3 Å². The molecule has 0 amide bonds. The van der Waals surface area contributed by atoms with E-state index in [1.54, 1.807) is 18.2 Å². The van der Waals surface area contributed by atoms with Gasteiger partial charge >= 0.3 is 59.1 Å². The van der Waals surface area contributed by atoms with E-state index >= 15 is 0 Å². The third-order valence-electron chi connectivity index (χ3n) is 4.90. The maximum Gasteiger partial charge on any atom is 1.00 e. The quantitative estimate of drug-likeness (QED) is 0.152. The number of fused-ring (bicyclic) bond motifs is 1. The molecule has 4 rings (SSSR count). The van der Waals surface area contributed by atoms with Gasteiger partial charge in [-0.2, -0.15) is 0 Å². The molecule has 0 aliphatic carbocycles. The zero-order valence-corrected chi connectivity index (χ0v) is 25.4. The molecule has 37 heavy (non-hydrogen) atoms. The second kappa shape index (κ2) is 14.7. The van der Waals surface area contributed by atoms with Crippen molar-refractivity contribution < 1.29 is 87.8 Å². The van der Waals surface area contributed by atoms with Crippen LogP contribution in [0.4, 0.5) is 25.0 Å². The van der Waals surface area contributed by atoms with Crippen molar-refractivity contribution in [3.8, 4) is 0 Å². The van der Waals surface area contributed by atoms with Crippen LogP contribution in [0, 0.1) is 21.7 Å². The Hall–Kier alpha value is -2.12. The largest absolute Gasteiger partial charge is 1.00 e. The monoisotopic (exact) mass is 545 g/mol. The van der Waals surface area contributed by atoms with Crippen LogP contribution >= 0.6 is 11.8 Å². The minimum absolute atomic E-state index is 0. The number of hydrogen-bond acceptors (Lipinski definition) is 7. The number of aromatic nitrogens is 1. The number of hydrogen-bond donors (Lipinski definition) is 0. The number of anilines is 1. The molecule has 1 aromatic heterocycles. The summed E-state index contributed by atoms with van der Waals surface area (Å²) < 4.78 is 29.3. The first-order chi connectivity index (χ1) is 16.5. The van der Waals surface area contributed by atoms with Gasteiger partial charge < -0.3 is 24.5 Å². The fourth-order valence-electron chi connectivity index (χ4n) is 3.45. The normalized spacial score (nSPS) is 9.95. The summed E-state index contributed by atoms with van der Waals surface area (Å²) in [6, 6.07) is 16.0. The molecule has 3 aromatic carbocycles. The molecule has 0 radical (unpaired) electrons. The van der Waals surface area contributed by atoms with Gasteiger partial charge in [-0.15, -0.1) is 0 Å². The Balaban J connectivity index is 0.00000107. The van der Waals surface area contributed by atoms with Crippen LogP contribution in [0.2, 0.25) is 0 Å². The number of rotatable bonds is 6. The van der Waals surface area contributed by atoms with Gasteiger partial charge in [-0.3, -0.25) is 10.1 Å². The predicted molar refractivity (Wildman–Crippen MR) is 124 cm³/mol. The molecule has 0 aliphatic rings. The van der Waals surface area contributed by atoms with Crippen molar-refractivity contribution in [2.24, 2.45) is 0 Å². The molecule has 0 spiro atoms. The third kappa shape index (κ3) is 8.99. The average Bonchev–Trinajstić information content (AvgIpc) is 3.09. The van der Waals surface area contributed by atoms with Crippen molar-refractivity contribution in [3.05, 3.63) is 94.2 Å². The second-order valence-electron chi connectivity index (χ2n) is 7.57. The SMILES string of the molecule is CN(C)c1ccc2c(Sc3ccccc3[N+](=O)[O-])cn(Cc3cc(F)cc(F)c3)c2c1.O=C([O-])[O-].[Na+].[Na+]. The molecule has 0 saturated heterocycles. The van der Waals surface area contributed by atoms with Gasteiger partial charge in [0.05, 0.1) is 15.3 Å². The summed E-state index contributed by atoms with van der Waals surface area (Å²) in [5.74, 6) is -1.26. The van der Waals surface area contributed by atoms with Crippen LogP contribution in [-0.4, -0.2) is 29.7 Å². The number of nitrogens with zero attached hydrogens (tertiary/aromatic N) is 3. The first kappa shape index (κ1) is 32.9. The van der Waals surface area contributed by atoms with Gasteiger partial charge in [0.15, 0.2) is 0 Å². The Morgan fingerprint density at radius 1 is 0.973 bits per heavy atom. The van der Waals surface area contributed by atoms with E-state index in [1.165, 1.54) is 30.0 Å². The van der Waals surface area contributed by atoms with Crippen molar-refractivity contribution in [1.29, 1.82) is 0 Å². The van der Waals surface area contributed by atoms with Crippen molar-refractivity contribution in [3.63, 3.8) is 0 Å². The topological polar surface area (TPSA) is 114 Å². The molecule has 1 heterocycles. The summed E-state index contributed by atoms with van der Waals surface area (Å²) in [7, 11) is 3.86. The van der Waals surface area contributed by atoms with Gasteiger partial charge in [0.25, 0.3) is 5.69 Å². The van der Waals surface area contributed by atoms with Crippen LogP contribution in [0.15, 0.2) is 76.7 Å². The number of carbonyl (C=O) groups excluding carboxylic acids is 1. The predicted octanol–water partition coefficient (Wildman–Crippen LogP) is -2.35. The molecular formula is C24H19F2N3Na2O5S. The Labute approximate surface area is 260 Å². The van der Waals surface area contributed by atoms with Crippen LogP contribution in [-0.2, 0) is 6.54 Å². The number of para-hydroxylation sites is 1. The molecule has 0 saturated carbocycles. The fraction of sp³-hybridized carbons (Fsp3) is 0.125. The molecule has 0 N–H and O–H groups in total. The summed E-state index contributed by atoms with van der Waals surface area (Å²) in [5.41, 5.74) is 2.37. The van der Waals surface area contributed by atoms with E-state index in [0.29, 0.717) is 10.5 Å². The van der Waals surface area contributed by atoms with Gasteiger partial charge in [-0.1, -0.05) is 23.9 Å². The van der Waals surface area contributed by atoms with Crippen LogP contribution in [0.3, 0.4) is 0 Å². The molecule has 0 fully saturated rings. The number of carboxylic acid groups (broad SMARTS) is 2. The van der Waals surface area contributed by atoms with E-state index in [2.05, 4.69) is 0 Å². The maximum absolute atomic E-state index is 13.7. The van der Waals surface area contributed by atoms with E-state index in [-0.39, 0.29) is 71.3 Å². The first-order valence-corrected chi connectivity index (χ1v) is 10.9. The average molecular weight is 545 g/mol. The van der Waals surface area contributed by atoms with Gasteiger partial charge in [0.2, 0.25) is 0 Å². The summed E-state index contributed by atoms with van der Waals surface area (Å²) >= 11 is 1.30. The summed E-state index contributed by atoms with van der Waals surface area (Å²) in [4.78, 5) is 22.7. The summed E-state index contributed by atoms with van der Waals surface area (Å²) in [5, 5.41) is 29.0. The number of carbonyl (C=O) groups is 1. The van der Waals surface area contributed by atoms with Crippen LogP contribution in [0.5, 0.6) is 0 Å². The van der Waals surface area contributed by atoms with Crippen LogP contribution < -0.4 is 74.2 Å². The van der Waals surface area contributed by atoms with Crippen molar-refractivity contribution in [1.82, 2.24) is 4.57 Å². The molecule has 8 nitrogen and oxygen atoms in total. The molecule has 0 bridgehead atoms. The van der Waals surface area contributed by atoms with Gasteiger partial charge in [0.1, 0.15) is 11.6 Å². The Kier molecular flexibility index (Phi) is 13.1. The molecule has 13 heteroatoms. The zero-order chi connectivity index (χ0) is 25.7.